The molecule has 2 N–H and O–H groups in total. The van der Waals surface area contributed by atoms with Crippen LogP contribution < -0.4 is 5.73 Å². The highest BCUT2D eigenvalue weighted by Crippen LogP contribution is 2.38. The van der Waals surface area contributed by atoms with Gasteiger partial charge in [-0.15, -0.1) is 11.8 Å². The maximum absolute atomic E-state index is 12.6. The summed E-state index contributed by atoms with van der Waals surface area (Å²) in [6.07, 6.45) is 4.98. The van der Waals surface area contributed by atoms with Crippen LogP contribution in [0.25, 0.3) is 0 Å². The van der Waals surface area contributed by atoms with E-state index in [9.17, 15) is 4.79 Å². The van der Waals surface area contributed by atoms with Gasteiger partial charge in [0.2, 0.25) is 5.91 Å². The van der Waals surface area contributed by atoms with Gasteiger partial charge in [-0.25, -0.2) is 0 Å². The number of hydrogen-bond donors (Lipinski definition) is 1. The maximum Gasteiger partial charge on any atom is 0.230 e. The molecule has 1 aliphatic carbocycles. The summed E-state index contributed by atoms with van der Waals surface area (Å²) >= 11 is 1.73. The van der Waals surface area contributed by atoms with E-state index in [2.05, 4.69) is 30.5 Å². The highest BCUT2D eigenvalue weighted by Gasteiger charge is 2.44. The summed E-state index contributed by atoms with van der Waals surface area (Å²) in [6, 6.07) is 8.37. The van der Waals surface area contributed by atoms with Crippen LogP contribution in [0.4, 0.5) is 0 Å². The molecule has 1 saturated carbocycles. The Balaban J connectivity index is 2.03. The number of hydrogen-bond acceptors (Lipinski definition) is 3. The van der Waals surface area contributed by atoms with Crippen LogP contribution in [0.15, 0.2) is 29.2 Å². The molecule has 0 aromatic heterocycles. The van der Waals surface area contributed by atoms with Gasteiger partial charge in [-0.05, 0) is 43.7 Å². The third-order valence-corrected chi connectivity index (χ3v) is 5.19. The van der Waals surface area contributed by atoms with Gasteiger partial charge in [0.15, 0.2) is 0 Å². The highest BCUT2D eigenvalue weighted by atomic mass is 32.2. The number of thioether (sulfide) groups is 1. The molecule has 2 unspecified atom stereocenters. The van der Waals surface area contributed by atoms with Crippen LogP contribution in [-0.2, 0) is 11.3 Å². The highest BCUT2D eigenvalue weighted by molar-refractivity contribution is 7.98. The molecule has 0 bridgehead atoms. The Morgan fingerprint density at radius 3 is 2.60 bits per heavy atom. The van der Waals surface area contributed by atoms with Crippen LogP contribution in [0.1, 0.15) is 31.7 Å². The molecule has 2 rings (SSSR count). The van der Waals surface area contributed by atoms with E-state index in [4.69, 9.17) is 5.73 Å². The van der Waals surface area contributed by atoms with Gasteiger partial charge in [-0.2, -0.15) is 0 Å². The van der Waals surface area contributed by atoms with E-state index in [1.54, 1.807) is 11.8 Å². The number of carbonyl (C=O) groups is 1. The molecule has 0 aliphatic heterocycles. The molecule has 4 heteroatoms. The molecule has 0 radical (unpaired) electrons. The van der Waals surface area contributed by atoms with Crippen LogP contribution in [0, 0.1) is 5.41 Å². The van der Waals surface area contributed by atoms with Gasteiger partial charge in [-0.1, -0.05) is 18.6 Å². The summed E-state index contributed by atoms with van der Waals surface area (Å²) in [5.74, 6) is 0.177. The van der Waals surface area contributed by atoms with Crippen molar-refractivity contribution in [1.29, 1.82) is 0 Å². The standard InChI is InChI=1S/C16H24N2OS/c1-16(10-4-5-14(16)17)15(19)18(2)11-12-6-8-13(20-3)9-7-12/h6-9,14H,4-5,10-11,17H2,1-3H3. The molecule has 1 amide bonds. The van der Waals surface area contributed by atoms with E-state index in [0.29, 0.717) is 6.54 Å². The molecule has 110 valence electrons. The summed E-state index contributed by atoms with van der Waals surface area (Å²) in [4.78, 5) is 15.7. The quantitative estimate of drug-likeness (QED) is 0.868. The molecule has 1 aromatic rings. The Bertz CT molecular complexity index is 474. The minimum Gasteiger partial charge on any atom is -0.341 e. The number of benzene rings is 1. The first-order chi connectivity index (χ1) is 9.47. The van der Waals surface area contributed by atoms with E-state index < -0.39 is 0 Å². The zero-order chi connectivity index (χ0) is 14.8. The van der Waals surface area contributed by atoms with Crippen molar-refractivity contribution in [1.82, 2.24) is 4.90 Å². The normalized spacial score (nSPS) is 25.7. The average molecular weight is 292 g/mol. The third kappa shape index (κ3) is 3.01. The van der Waals surface area contributed by atoms with Gasteiger partial charge in [-0.3, -0.25) is 4.79 Å². The summed E-state index contributed by atoms with van der Waals surface area (Å²) < 4.78 is 0. The number of nitrogens with two attached hydrogens (primary N) is 1. The second kappa shape index (κ2) is 6.19. The fourth-order valence-corrected chi connectivity index (χ4v) is 3.38. The molecule has 1 aromatic carbocycles. The number of rotatable bonds is 4. The molecule has 0 heterocycles. The van der Waals surface area contributed by atoms with Gasteiger partial charge < -0.3 is 10.6 Å². The predicted octanol–water partition coefficient (Wildman–Crippen LogP) is 2.88. The fraction of sp³-hybridized carbons (Fsp3) is 0.562. The molecule has 1 aliphatic rings. The Morgan fingerprint density at radius 1 is 1.45 bits per heavy atom. The first-order valence-corrected chi connectivity index (χ1v) is 8.34. The fourth-order valence-electron chi connectivity index (χ4n) is 2.97. The number of nitrogens with zero attached hydrogens (tertiary/aromatic N) is 1. The zero-order valence-electron chi connectivity index (χ0n) is 12.6. The lowest BCUT2D eigenvalue weighted by molar-refractivity contribution is -0.140. The predicted molar refractivity (Wildman–Crippen MR) is 84.6 cm³/mol. The summed E-state index contributed by atoms with van der Waals surface area (Å²) in [7, 11) is 1.88. The van der Waals surface area contributed by atoms with Crippen LogP contribution >= 0.6 is 11.8 Å². The SMILES string of the molecule is CSc1ccc(CN(C)C(=O)C2(C)CCCC2N)cc1. The van der Waals surface area contributed by atoms with Gasteiger partial charge in [0.1, 0.15) is 0 Å². The topological polar surface area (TPSA) is 46.3 Å². The molecular weight excluding hydrogens is 268 g/mol. The van der Waals surface area contributed by atoms with E-state index in [1.807, 2.05) is 18.9 Å². The van der Waals surface area contributed by atoms with Crippen LogP contribution in [0.2, 0.25) is 0 Å². The van der Waals surface area contributed by atoms with Gasteiger partial charge in [0, 0.05) is 24.5 Å². The van der Waals surface area contributed by atoms with Crippen molar-refractivity contribution in [2.24, 2.45) is 11.1 Å². The smallest absolute Gasteiger partial charge is 0.230 e. The summed E-state index contributed by atoms with van der Waals surface area (Å²) in [5.41, 5.74) is 6.91. The Labute approximate surface area is 125 Å². The van der Waals surface area contributed by atoms with Crippen molar-refractivity contribution < 1.29 is 4.79 Å². The zero-order valence-corrected chi connectivity index (χ0v) is 13.4. The van der Waals surface area contributed by atoms with Crippen molar-refractivity contribution >= 4 is 17.7 Å². The van der Waals surface area contributed by atoms with Gasteiger partial charge in [0.25, 0.3) is 0 Å². The van der Waals surface area contributed by atoms with E-state index in [-0.39, 0.29) is 17.4 Å². The first kappa shape index (κ1) is 15.4. The van der Waals surface area contributed by atoms with Crippen molar-refractivity contribution in [3.05, 3.63) is 29.8 Å². The van der Waals surface area contributed by atoms with Crippen LogP contribution in [0.5, 0.6) is 0 Å². The Morgan fingerprint density at radius 2 is 2.10 bits per heavy atom. The Kier molecular flexibility index (Phi) is 4.76. The Hall–Kier alpha value is -1.00. The monoisotopic (exact) mass is 292 g/mol. The van der Waals surface area contributed by atoms with Crippen molar-refractivity contribution in [3.63, 3.8) is 0 Å². The second-order valence-corrected chi connectivity index (χ2v) is 6.81. The molecular formula is C16H24N2OS. The second-order valence-electron chi connectivity index (χ2n) is 5.93. The molecule has 20 heavy (non-hydrogen) atoms. The minimum atomic E-state index is -0.381. The third-order valence-electron chi connectivity index (χ3n) is 4.44. The lowest BCUT2D eigenvalue weighted by Crippen LogP contribution is -2.47. The largest absolute Gasteiger partial charge is 0.341 e. The van der Waals surface area contributed by atoms with Crippen molar-refractivity contribution in [3.8, 4) is 0 Å². The number of amides is 1. The average Bonchev–Trinajstić information content (AvgIpc) is 2.79. The molecule has 0 spiro atoms. The molecule has 2 atom stereocenters. The van der Waals surface area contributed by atoms with E-state index >= 15 is 0 Å². The van der Waals surface area contributed by atoms with Crippen molar-refractivity contribution in [2.45, 2.75) is 43.7 Å². The summed E-state index contributed by atoms with van der Waals surface area (Å²) in [6.45, 7) is 2.66. The van der Waals surface area contributed by atoms with Crippen LogP contribution in [-0.4, -0.2) is 30.2 Å². The van der Waals surface area contributed by atoms with E-state index in [0.717, 1.165) is 24.8 Å². The maximum atomic E-state index is 12.6. The van der Waals surface area contributed by atoms with Crippen molar-refractivity contribution in [2.75, 3.05) is 13.3 Å². The number of carbonyl (C=O) groups excluding carboxylic acids is 1. The first-order valence-electron chi connectivity index (χ1n) is 7.11. The van der Waals surface area contributed by atoms with Gasteiger partial charge in [0.05, 0.1) is 5.41 Å². The van der Waals surface area contributed by atoms with Gasteiger partial charge >= 0.3 is 0 Å². The molecule has 3 nitrogen and oxygen atoms in total. The molecule has 1 fully saturated rings. The van der Waals surface area contributed by atoms with E-state index in [1.165, 1.54) is 4.90 Å². The lowest BCUT2D eigenvalue weighted by atomic mass is 9.83. The van der Waals surface area contributed by atoms with Crippen LogP contribution in [0.3, 0.4) is 0 Å². The lowest BCUT2D eigenvalue weighted by Gasteiger charge is -2.32. The minimum absolute atomic E-state index is 0.00341. The molecule has 0 saturated heterocycles. The summed E-state index contributed by atoms with van der Waals surface area (Å²) in [5, 5.41) is 0.